The summed E-state index contributed by atoms with van der Waals surface area (Å²) in [5.74, 6) is -0.912. The van der Waals surface area contributed by atoms with Gasteiger partial charge < -0.3 is 10.1 Å². The molecule has 1 fully saturated rings. The molecular weight excluding hydrogens is 385 g/mol. The lowest BCUT2D eigenvalue weighted by atomic mass is 9.84. The molecule has 0 radical (unpaired) electrons. The molecule has 2 aliphatic rings. The van der Waals surface area contributed by atoms with Gasteiger partial charge in [0.05, 0.1) is 5.57 Å². The van der Waals surface area contributed by atoms with Crippen LogP contribution in [0.15, 0.2) is 29.5 Å². The first-order chi connectivity index (χ1) is 13.0. The molecule has 1 aromatic carbocycles. The average Bonchev–Trinajstić information content (AvgIpc) is 2.56. The maximum absolute atomic E-state index is 13.0. The minimum absolute atomic E-state index is 0.0583. The van der Waals surface area contributed by atoms with Gasteiger partial charge in [0.25, 0.3) is 0 Å². The molecule has 0 saturated heterocycles. The molecule has 1 aliphatic carbocycles. The van der Waals surface area contributed by atoms with Crippen molar-refractivity contribution in [3.63, 3.8) is 0 Å². The van der Waals surface area contributed by atoms with Gasteiger partial charge in [-0.05, 0) is 50.3 Å². The molecule has 0 spiro atoms. The molecule has 4 nitrogen and oxygen atoms in total. The Hall–Kier alpha value is -1.52. The number of carbonyl (C=O) groups excluding carboxylic acids is 2. The quantitative estimate of drug-likeness (QED) is 0.667. The van der Waals surface area contributed by atoms with Crippen LogP contribution in [0.1, 0.15) is 69.8 Å². The maximum atomic E-state index is 13.0. The molecule has 1 aliphatic heterocycles. The predicted octanol–water partition coefficient (Wildman–Crippen LogP) is 5.53. The van der Waals surface area contributed by atoms with E-state index in [0.29, 0.717) is 21.3 Å². The fourth-order valence-electron chi connectivity index (χ4n) is 3.97. The van der Waals surface area contributed by atoms with E-state index in [9.17, 15) is 9.59 Å². The monoisotopic (exact) mass is 409 g/mol. The van der Waals surface area contributed by atoms with Crippen molar-refractivity contribution in [1.82, 2.24) is 5.32 Å². The minimum atomic E-state index is -0.426. The number of ether oxygens (including phenoxy) is 1. The average molecular weight is 410 g/mol. The molecule has 1 N–H and O–H groups in total. The van der Waals surface area contributed by atoms with Gasteiger partial charge >= 0.3 is 5.97 Å². The van der Waals surface area contributed by atoms with E-state index in [-0.39, 0.29) is 24.4 Å². The van der Waals surface area contributed by atoms with E-state index in [0.717, 1.165) is 31.2 Å². The van der Waals surface area contributed by atoms with Crippen molar-refractivity contribution in [3.8, 4) is 0 Å². The van der Waals surface area contributed by atoms with Crippen LogP contribution in [0, 0.1) is 0 Å². The van der Waals surface area contributed by atoms with E-state index in [4.69, 9.17) is 27.9 Å². The molecule has 0 aromatic heterocycles. The summed E-state index contributed by atoms with van der Waals surface area (Å²) in [4.78, 5) is 25.2. The van der Waals surface area contributed by atoms with Crippen LogP contribution in [0.3, 0.4) is 0 Å². The topological polar surface area (TPSA) is 55.4 Å². The lowest BCUT2D eigenvalue weighted by Gasteiger charge is -2.29. The van der Waals surface area contributed by atoms with Crippen LogP contribution in [0.2, 0.25) is 10.0 Å². The van der Waals surface area contributed by atoms with Crippen molar-refractivity contribution >= 4 is 35.1 Å². The highest BCUT2D eigenvalue weighted by Gasteiger charge is 2.34. The number of allylic oxidation sites excluding steroid dienone is 1. The molecule has 3 rings (SSSR count). The molecule has 1 saturated carbocycles. The normalized spacial score (nSPS) is 22.0. The van der Waals surface area contributed by atoms with Gasteiger partial charge in [-0.15, -0.1) is 0 Å². The van der Waals surface area contributed by atoms with Crippen LogP contribution < -0.4 is 5.32 Å². The summed E-state index contributed by atoms with van der Waals surface area (Å²) in [5, 5.41) is 3.74. The molecule has 0 bridgehead atoms. The van der Waals surface area contributed by atoms with Gasteiger partial charge in [-0.1, -0.05) is 48.5 Å². The van der Waals surface area contributed by atoms with Crippen molar-refractivity contribution in [2.24, 2.45) is 0 Å². The van der Waals surface area contributed by atoms with Gasteiger partial charge in [0.2, 0.25) is 5.91 Å². The summed E-state index contributed by atoms with van der Waals surface area (Å²) in [5.41, 5.74) is 1.75. The first-order valence-electron chi connectivity index (χ1n) is 9.62. The molecule has 1 aromatic rings. The summed E-state index contributed by atoms with van der Waals surface area (Å²) in [6.45, 7) is 1.74. The fourth-order valence-corrected chi connectivity index (χ4v) is 4.51. The van der Waals surface area contributed by atoms with Gasteiger partial charge in [-0.25, -0.2) is 4.79 Å². The van der Waals surface area contributed by atoms with Crippen LogP contribution in [0.25, 0.3) is 0 Å². The number of esters is 1. The highest BCUT2D eigenvalue weighted by molar-refractivity contribution is 6.35. The summed E-state index contributed by atoms with van der Waals surface area (Å²) in [7, 11) is 0. The van der Waals surface area contributed by atoms with Crippen molar-refractivity contribution in [2.75, 3.05) is 0 Å². The van der Waals surface area contributed by atoms with E-state index in [1.165, 1.54) is 19.3 Å². The minimum Gasteiger partial charge on any atom is -0.459 e. The molecule has 6 heteroatoms. The van der Waals surface area contributed by atoms with Crippen LogP contribution in [0.5, 0.6) is 0 Å². The Morgan fingerprint density at radius 3 is 2.44 bits per heavy atom. The molecule has 27 heavy (non-hydrogen) atoms. The Labute approximate surface area is 170 Å². The largest absolute Gasteiger partial charge is 0.459 e. The van der Waals surface area contributed by atoms with Crippen LogP contribution >= 0.6 is 23.2 Å². The first-order valence-corrected chi connectivity index (χ1v) is 10.4. The number of halogens is 2. The number of amides is 1. The molecule has 1 amide bonds. The van der Waals surface area contributed by atoms with E-state index in [1.54, 1.807) is 25.1 Å². The van der Waals surface area contributed by atoms with Gasteiger partial charge in [0.15, 0.2) is 0 Å². The van der Waals surface area contributed by atoms with Gasteiger partial charge in [-0.3, -0.25) is 4.79 Å². The summed E-state index contributed by atoms with van der Waals surface area (Å²) in [6, 6.07) is 5.14. The Morgan fingerprint density at radius 2 is 1.78 bits per heavy atom. The lowest BCUT2D eigenvalue weighted by Crippen LogP contribution is -2.35. The van der Waals surface area contributed by atoms with Gasteiger partial charge in [0, 0.05) is 28.1 Å². The van der Waals surface area contributed by atoms with Gasteiger partial charge in [-0.2, -0.15) is 0 Å². The van der Waals surface area contributed by atoms with E-state index >= 15 is 0 Å². The smallest absolute Gasteiger partial charge is 0.336 e. The molecule has 1 atom stereocenters. The summed E-state index contributed by atoms with van der Waals surface area (Å²) >= 11 is 12.4. The van der Waals surface area contributed by atoms with Crippen LogP contribution in [-0.4, -0.2) is 18.0 Å². The van der Waals surface area contributed by atoms with E-state index in [1.807, 2.05) is 0 Å². The molecule has 146 valence electrons. The Bertz CT molecular complexity index is 752. The number of rotatable bonds is 3. The second-order valence-corrected chi connectivity index (χ2v) is 8.23. The number of nitrogens with one attached hydrogen (secondary N) is 1. The summed E-state index contributed by atoms with van der Waals surface area (Å²) < 4.78 is 5.87. The lowest BCUT2D eigenvalue weighted by molar-refractivity contribution is -0.145. The Morgan fingerprint density at radius 1 is 1.11 bits per heavy atom. The van der Waals surface area contributed by atoms with Crippen molar-refractivity contribution in [2.45, 2.75) is 70.3 Å². The zero-order valence-electron chi connectivity index (χ0n) is 15.5. The standard InChI is InChI=1S/C21H25Cl2NO3/c1-13-20(21(26)27-15-7-5-3-2-4-6-8-15)17(12-19(25)24-13)16-10-9-14(22)11-18(16)23/h9-11,15,17H,2-8,12H2,1H3,(H,24,25)/t17-/m1/s1. The fraction of sp³-hybridized carbons (Fsp3) is 0.524. The van der Waals surface area contributed by atoms with Crippen molar-refractivity contribution in [1.29, 1.82) is 0 Å². The second-order valence-electron chi connectivity index (χ2n) is 7.38. The number of carbonyl (C=O) groups is 2. The zero-order valence-corrected chi connectivity index (χ0v) is 17.0. The van der Waals surface area contributed by atoms with Crippen LogP contribution in [0.4, 0.5) is 0 Å². The maximum Gasteiger partial charge on any atom is 0.336 e. The molecular formula is C21H25Cl2NO3. The number of hydrogen-bond acceptors (Lipinski definition) is 3. The third kappa shape index (κ3) is 5.05. The highest BCUT2D eigenvalue weighted by Crippen LogP contribution is 2.38. The van der Waals surface area contributed by atoms with E-state index < -0.39 is 5.92 Å². The van der Waals surface area contributed by atoms with E-state index in [2.05, 4.69) is 5.32 Å². The first kappa shape index (κ1) is 20.2. The third-order valence-corrected chi connectivity index (χ3v) is 5.92. The van der Waals surface area contributed by atoms with Crippen molar-refractivity contribution in [3.05, 3.63) is 45.1 Å². The summed E-state index contributed by atoms with van der Waals surface area (Å²) in [6.07, 6.45) is 7.70. The molecule has 1 heterocycles. The number of benzene rings is 1. The Kier molecular flexibility index (Phi) is 6.83. The number of hydrogen-bond donors (Lipinski definition) is 1. The second kappa shape index (κ2) is 9.11. The third-order valence-electron chi connectivity index (χ3n) is 5.35. The Balaban J connectivity index is 1.85. The zero-order chi connectivity index (χ0) is 19.4. The predicted molar refractivity (Wildman–Crippen MR) is 107 cm³/mol. The van der Waals surface area contributed by atoms with Crippen LogP contribution in [-0.2, 0) is 14.3 Å². The molecule has 0 unspecified atom stereocenters. The highest BCUT2D eigenvalue weighted by atomic mass is 35.5. The SMILES string of the molecule is CC1=C(C(=O)OC2CCCCCCC2)[C@@H](c2ccc(Cl)cc2Cl)CC(=O)N1. The van der Waals surface area contributed by atoms with Gasteiger partial charge in [0.1, 0.15) is 6.10 Å². The van der Waals surface area contributed by atoms with Crippen molar-refractivity contribution < 1.29 is 14.3 Å².